The van der Waals surface area contributed by atoms with Crippen LogP contribution in [0, 0.1) is 0 Å². The van der Waals surface area contributed by atoms with Crippen LogP contribution in [0.1, 0.15) is 17.2 Å². The summed E-state index contributed by atoms with van der Waals surface area (Å²) >= 11 is 19.2. The first-order valence-electron chi connectivity index (χ1n) is 5.62. The SMILES string of the molecule is NC(Cc1c(Cl)cccc1Cl)c1cc(Br)cc(Br)c1. The van der Waals surface area contributed by atoms with Crippen LogP contribution in [0.3, 0.4) is 0 Å². The Morgan fingerprint density at radius 3 is 2.05 bits per heavy atom. The second-order valence-electron chi connectivity index (χ2n) is 4.21. The van der Waals surface area contributed by atoms with Crippen LogP contribution in [-0.2, 0) is 6.42 Å². The first kappa shape index (κ1) is 15.3. The van der Waals surface area contributed by atoms with Gasteiger partial charge in [-0.05, 0) is 47.9 Å². The molecule has 2 N–H and O–H groups in total. The van der Waals surface area contributed by atoms with Gasteiger partial charge in [-0.3, -0.25) is 0 Å². The van der Waals surface area contributed by atoms with Gasteiger partial charge in [0.25, 0.3) is 0 Å². The van der Waals surface area contributed by atoms with E-state index in [1.165, 1.54) is 0 Å². The van der Waals surface area contributed by atoms with E-state index in [0.717, 1.165) is 20.1 Å². The van der Waals surface area contributed by atoms with Gasteiger partial charge in [0.15, 0.2) is 0 Å². The Balaban J connectivity index is 2.28. The summed E-state index contributed by atoms with van der Waals surface area (Å²) in [7, 11) is 0. The Labute approximate surface area is 139 Å². The van der Waals surface area contributed by atoms with E-state index in [1.807, 2.05) is 36.4 Å². The number of halogens is 4. The van der Waals surface area contributed by atoms with Crippen LogP contribution >= 0.6 is 55.1 Å². The molecule has 0 radical (unpaired) electrons. The Morgan fingerprint density at radius 2 is 1.53 bits per heavy atom. The molecular weight excluding hydrogens is 413 g/mol. The molecule has 2 rings (SSSR count). The van der Waals surface area contributed by atoms with Crippen molar-refractivity contribution >= 4 is 55.1 Å². The molecule has 0 aromatic heterocycles. The number of hydrogen-bond acceptors (Lipinski definition) is 1. The van der Waals surface area contributed by atoms with Gasteiger partial charge in [0, 0.05) is 25.0 Å². The minimum Gasteiger partial charge on any atom is -0.324 e. The van der Waals surface area contributed by atoms with E-state index in [-0.39, 0.29) is 6.04 Å². The molecule has 0 amide bonds. The molecule has 1 nitrogen and oxygen atoms in total. The molecule has 0 saturated heterocycles. The molecule has 0 spiro atoms. The van der Waals surface area contributed by atoms with Crippen molar-refractivity contribution in [1.82, 2.24) is 0 Å². The molecule has 2 aromatic carbocycles. The molecule has 1 atom stereocenters. The molecule has 1 unspecified atom stereocenters. The maximum Gasteiger partial charge on any atom is 0.0453 e. The van der Waals surface area contributed by atoms with Crippen LogP contribution in [-0.4, -0.2) is 0 Å². The zero-order valence-electron chi connectivity index (χ0n) is 9.84. The summed E-state index contributed by atoms with van der Waals surface area (Å²) in [5, 5.41) is 1.30. The van der Waals surface area contributed by atoms with Gasteiger partial charge in [-0.2, -0.15) is 0 Å². The zero-order chi connectivity index (χ0) is 14.0. The van der Waals surface area contributed by atoms with Gasteiger partial charge in [0.2, 0.25) is 0 Å². The number of hydrogen-bond donors (Lipinski definition) is 1. The highest BCUT2D eigenvalue weighted by Crippen LogP contribution is 2.30. The fourth-order valence-electron chi connectivity index (χ4n) is 1.85. The van der Waals surface area contributed by atoms with Crippen LogP contribution in [0.25, 0.3) is 0 Å². The molecule has 5 heteroatoms. The van der Waals surface area contributed by atoms with Gasteiger partial charge in [-0.1, -0.05) is 61.1 Å². The molecule has 0 heterocycles. The lowest BCUT2D eigenvalue weighted by Crippen LogP contribution is -2.14. The summed E-state index contributed by atoms with van der Waals surface area (Å²) in [5.41, 5.74) is 8.15. The standard InChI is InChI=1S/C14H11Br2Cl2N/c15-9-4-8(5-10(16)6-9)14(19)7-11-12(17)2-1-3-13(11)18/h1-6,14H,7,19H2. The molecule has 0 aliphatic carbocycles. The number of benzene rings is 2. The first-order valence-corrected chi connectivity index (χ1v) is 7.96. The molecule has 0 aliphatic heterocycles. The third-order valence-corrected chi connectivity index (χ3v) is 4.42. The maximum atomic E-state index is 6.24. The summed E-state index contributed by atoms with van der Waals surface area (Å²) in [6.45, 7) is 0. The van der Waals surface area contributed by atoms with Crippen molar-refractivity contribution in [2.75, 3.05) is 0 Å². The summed E-state index contributed by atoms with van der Waals surface area (Å²) in [5.74, 6) is 0. The fourth-order valence-corrected chi connectivity index (χ4v) is 3.74. The van der Waals surface area contributed by atoms with Crippen LogP contribution in [0.2, 0.25) is 10.0 Å². The highest BCUT2D eigenvalue weighted by atomic mass is 79.9. The fraction of sp³-hybridized carbons (Fsp3) is 0.143. The molecular formula is C14H11Br2Cl2N. The van der Waals surface area contributed by atoms with Crippen molar-refractivity contribution in [3.63, 3.8) is 0 Å². The van der Waals surface area contributed by atoms with Gasteiger partial charge in [0.1, 0.15) is 0 Å². The van der Waals surface area contributed by atoms with E-state index in [0.29, 0.717) is 16.5 Å². The Kier molecular flexibility index (Phi) is 5.32. The Bertz CT molecular complexity index is 561. The van der Waals surface area contributed by atoms with Crippen LogP contribution in [0.5, 0.6) is 0 Å². The van der Waals surface area contributed by atoms with Gasteiger partial charge in [-0.25, -0.2) is 0 Å². The topological polar surface area (TPSA) is 26.0 Å². The highest BCUT2D eigenvalue weighted by Gasteiger charge is 2.13. The third-order valence-electron chi connectivity index (χ3n) is 2.80. The summed E-state index contributed by atoms with van der Waals surface area (Å²) in [6, 6.07) is 11.3. The molecule has 19 heavy (non-hydrogen) atoms. The second-order valence-corrected chi connectivity index (χ2v) is 6.86. The van der Waals surface area contributed by atoms with Crippen molar-refractivity contribution in [1.29, 1.82) is 0 Å². The van der Waals surface area contributed by atoms with Crippen molar-refractivity contribution < 1.29 is 0 Å². The third kappa shape index (κ3) is 3.96. The number of nitrogens with two attached hydrogens (primary N) is 1. The average molecular weight is 424 g/mol. The predicted octanol–water partition coefficient (Wildman–Crippen LogP) is 5.76. The Hall–Kier alpha value is -0.0600. The van der Waals surface area contributed by atoms with E-state index >= 15 is 0 Å². The maximum absolute atomic E-state index is 6.24. The molecule has 0 bridgehead atoms. The zero-order valence-corrected chi connectivity index (χ0v) is 14.5. The van der Waals surface area contributed by atoms with E-state index < -0.39 is 0 Å². The first-order chi connectivity index (χ1) is 8.97. The summed E-state index contributed by atoms with van der Waals surface area (Å²) in [4.78, 5) is 0. The van der Waals surface area contributed by atoms with Crippen LogP contribution < -0.4 is 5.73 Å². The highest BCUT2D eigenvalue weighted by molar-refractivity contribution is 9.11. The van der Waals surface area contributed by atoms with Gasteiger partial charge < -0.3 is 5.73 Å². The second kappa shape index (κ2) is 6.59. The normalized spacial score (nSPS) is 12.5. The van der Waals surface area contributed by atoms with E-state index in [9.17, 15) is 0 Å². The molecule has 0 aliphatic rings. The van der Waals surface area contributed by atoms with Crippen molar-refractivity contribution in [3.05, 3.63) is 66.5 Å². The van der Waals surface area contributed by atoms with Crippen molar-refractivity contribution in [2.45, 2.75) is 12.5 Å². The van der Waals surface area contributed by atoms with E-state index in [4.69, 9.17) is 28.9 Å². The lowest BCUT2D eigenvalue weighted by Gasteiger charge is -2.15. The minimum absolute atomic E-state index is 0.161. The quantitative estimate of drug-likeness (QED) is 0.667. The molecule has 2 aromatic rings. The largest absolute Gasteiger partial charge is 0.324 e. The smallest absolute Gasteiger partial charge is 0.0453 e. The summed E-state index contributed by atoms with van der Waals surface area (Å²) < 4.78 is 1.97. The monoisotopic (exact) mass is 421 g/mol. The lowest BCUT2D eigenvalue weighted by atomic mass is 10.00. The summed E-state index contributed by atoms with van der Waals surface area (Å²) in [6.07, 6.45) is 0.599. The predicted molar refractivity (Wildman–Crippen MR) is 88.9 cm³/mol. The minimum atomic E-state index is -0.161. The molecule has 0 fully saturated rings. The lowest BCUT2D eigenvalue weighted by molar-refractivity contribution is 0.721. The molecule has 0 saturated carbocycles. The van der Waals surface area contributed by atoms with Gasteiger partial charge >= 0.3 is 0 Å². The average Bonchev–Trinajstić information content (AvgIpc) is 2.32. The Morgan fingerprint density at radius 1 is 1.00 bits per heavy atom. The van der Waals surface area contributed by atoms with E-state index in [1.54, 1.807) is 0 Å². The molecule has 100 valence electrons. The number of rotatable bonds is 3. The van der Waals surface area contributed by atoms with Crippen molar-refractivity contribution in [2.24, 2.45) is 5.73 Å². The van der Waals surface area contributed by atoms with Crippen molar-refractivity contribution in [3.8, 4) is 0 Å². The van der Waals surface area contributed by atoms with Gasteiger partial charge in [-0.15, -0.1) is 0 Å². The van der Waals surface area contributed by atoms with Gasteiger partial charge in [0.05, 0.1) is 0 Å². The van der Waals surface area contributed by atoms with Crippen LogP contribution in [0.4, 0.5) is 0 Å². The van der Waals surface area contributed by atoms with E-state index in [2.05, 4.69) is 31.9 Å². The van der Waals surface area contributed by atoms with Crippen LogP contribution in [0.15, 0.2) is 45.3 Å².